The van der Waals surface area contributed by atoms with Crippen molar-refractivity contribution in [3.63, 3.8) is 0 Å². The normalized spacial score (nSPS) is 22.1. The van der Waals surface area contributed by atoms with E-state index in [1.54, 1.807) is 6.07 Å². The third kappa shape index (κ3) is 2.76. The summed E-state index contributed by atoms with van der Waals surface area (Å²) in [4.78, 5) is 0. The molecule has 104 valence electrons. The Bertz CT molecular complexity index is 630. The largest absolute Gasteiger partial charge is 0.399 e. The van der Waals surface area contributed by atoms with Crippen LogP contribution < -0.4 is 16.6 Å². The minimum atomic E-state index is 0.159. The summed E-state index contributed by atoms with van der Waals surface area (Å²) in [6.45, 7) is 0. The zero-order chi connectivity index (χ0) is 14.1. The van der Waals surface area contributed by atoms with Crippen LogP contribution in [0.2, 0.25) is 10.0 Å². The highest BCUT2D eigenvalue weighted by Gasteiger charge is 2.27. The quantitative estimate of drug-likeness (QED) is 0.739. The van der Waals surface area contributed by atoms with Crippen LogP contribution >= 0.6 is 23.2 Å². The van der Waals surface area contributed by atoms with Crippen molar-refractivity contribution in [1.29, 1.82) is 0 Å². The third-order valence-corrected chi connectivity index (χ3v) is 4.12. The highest BCUT2D eigenvalue weighted by Crippen LogP contribution is 2.35. The summed E-state index contributed by atoms with van der Waals surface area (Å²) in [7, 11) is 0. The number of nitrogens with two attached hydrogens (primary N) is 1. The Balaban J connectivity index is 1.79. The summed E-state index contributed by atoms with van der Waals surface area (Å²) in [6.07, 6.45) is 0.908. The fourth-order valence-corrected chi connectivity index (χ4v) is 3.08. The number of nitrogens with one attached hydrogen (secondary N) is 2. The smallest absolute Gasteiger partial charge is 0.0496 e. The van der Waals surface area contributed by atoms with Crippen molar-refractivity contribution in [2.75, 3.05) is 5.73 Å². The third-order valence-electron chi connectivity index (χ3n) is 3.55. The van der Waals surface area contributed by atoms with Gasteiger partial charge in [0.15, 0.2) is 0 Å². The summed E-state index contributed by atoms with van der Waals surface area (Å²) in [5.74, 6) is 0. The molecule has 2 aromatic rings. The standard InChI is InChI=1S/C15H15Cl2N3/c16-10-4-5-12(13(17)7-10)15-8-14(19-20-15)9-2-1-3-11(18)6-9/h1-7,14-15,19-20H,8,18H2. The molecule has 1 fully saturated rings. The second kappa shape index (κ2) is 5.62. The van der Waals surface area contributed by atoms with Crippen LogP contribution in [-0.2, 0) is 0 Å². The molecule has 1 heterocycles. The summed E-state index contributed by atoms with van der Waals surface area (Å²) in [5.41, 5.74) is 15.4. The molecule has 20 heavy (non-hydrogen) atoms. The molecule has 0 saturated carbocycles. The van der Waals surface area contributed by atoms with Crippen LogP contribution in [0.3, 0.4) is 0 Å². The van der Waals surface area contributed by atoms with Gasteiger partial charge < -0.3 is 5.73 Å². The van der Waals surface area contributed by atoms with Gasteiger partial charge in [0.2, 0.25) is 0 Å². The molecule has 1 aliphatic heterocycles. The maximum absolute atomic E-state index is 6.26. The van der Waals surface area contributed by atoms with E-state index in [4.69, 9.17) is 28.9 Å². The lowest BCUT2D eigenvalue weighted by Gasteiger charge is -2.12. The lowest BCUT2D eigenvalue weighted by molar-refractivity contribution is 0.555. The van der Waals surface area contributed by atoms with Crippen molar-refractivity contribution in [3.8, 4) is 0 Å². The first-order valence-electron chi connectivity index (χ1n) is 6.45. The minimum absolute atomic E-state index is 0.159. The van der Waals surface area contributed by atoms with Gasteiger partial charge in [-0.25, -0.2) is 10.9 Å². The fraction of sp³-hybridized carbons (Fsp3) is 0.200. The zero-order valence-corrected chi connectivity index (χ0v) is 12.2. The maximum Gasteiger partial charge on any atom is 0.0496 e. The molecular weight excluding hydrogens is 293 g/mol. The summed E-state index contributed by atoms with van der Waals surface area (Å²) in [6, 6.07) is 13.9. The van der Waals surface area contributed by atoms with Crippen molar-refractivity contribution in [2.45, 2.75) is 18.5 Å². The number of anilines is 1. The number of benzene rings is 2. The Labute approximate surface area is 128 Å². The van der Waals surface area contributed by atoms with E-state index in [1.165, 1.54) is 5.56 Å². The summed E-state index contributed by atoms with van der Waals surface area (Å²) in [5, 5.41) is 1.34. The molecule has 1 saturated heterocycles. The number of hydrazine groups is 1. The lowest BCUT2D eigenvalue weighted by Crippen LogP contribution is -2.26. The molecule has 2 atom stereocenters. The van der Waals surface area contributed by atoms with Crippen molar-refractivity contribution < 1.29 is 0 Å². The lowest BCUT2D eigenvalue weighted by atomic mass is 9.97. The molecule has 1 aliphatic rings. The van der Waals surface area contributed by atoms with E-state index in [2.05, 4.69) is 16.9 Å². The summed E-state index contributed by atoms with van der Waals surface area (Å²) >= 11 is 12.2. The SMILES string of the molecule is Nc1cccc(C2CC(c3ccc(Cl)cc3Cl)NN2)c1. The number of halogens is 2. The highest BCUT2D eigenvalue weighted by atomic mass is 35.5. The second-order valence-electron chi connectivity index (χ2n) is 4.97. The predicted octanol–water partition coefficient (Wildman–Crippen LogP) is 3.86. The Kier molecular flexibility index (Phi) is 3.85. The average molecular weight is 308 g/mol. The average Bonchev–Trinajstić information content (AvgIpc) is 2.88. The first kappa shape index (κ1) is 13.7. The Morgan fingerprint density at radius 1 is 1.00 bits per heavy atom. The first-order chi connectivity index (χ1) is 9.63. The van der Waals surface area contributed by atoms with Crippen LogP contribution in [0.15, 0.2) is 42.5 Å². The van der Waals surface area contributed by atoms with E-state index in [-0.39, 0.29) is 12.1 Å². The molecule has 0 amide bonds. The molecule has 3 rings (SSSR count). The van der Waals surface area contributed by atoms with Crippen molar-refractivity contribution in [3.05, 3.63) is 63.6 Å². The van der Waals surface area contributed by atoms with Crippen molar-refractivity contribution >= 4 is 28.9 Å². The van der Waals surface area contributed by atoms with Gasteiger partial charge in [0.25, 0.3) is 0 Å². The topological polar surface area (TPSA) is 50.1 Å². The molecule has 0 bridgehead atoms. The molecule has 0 aromatic heterocycles. The van der Waals surface area contributed by atoms with Crippen LogP contribution in [0.25, 0.3) is 0 Å². The monoisotopic (exact) mass is 307 g/mol. The molecule has 2 unspecified atom stereocenters. The predicted molar refractivity (Wildman–Crippen MR) is 83.7 cm³/mol. The van der Waals surface area contributed by atoms with Gasteiger partial charge in [-0.15, -0.1) is 0 Å². The van der Waals surface area contributed by atoms with Gasteiger partial charge in [0, 0.05) is 27.8 Å². The van der Waals surface area contributed by atoms with Gasteiger partial charge >= 0.3 is 0 Å². The fourth-order valence-electron chi connectivity index (χ4n) is 2.54. The highest BCUT2D eigenvalue weighted by molar-refractivity contribution is 6.35. The van der Waals surface area contributed by atoms with Crippen LogP contribution in [0.1, 0.15) is 29.6 Å². The summed E-state index contributed by atoms with van der Waals surface area (Å²) < 4.78 is 0. The van der Waals surface area contributed by atoms with Crippen molar-refractivity contribution in [2.24, 2.45) is 0 Å². The van der Waals surface area contributed by atoms with Gasteiger partial charge in [0.05, 0.1) is 0 Å². The number of hydrogen-bond donors (Lipinski definition) is 3. The Morgan fingerprint density at radius 3 is 2.55 bits per heavy atom. The van der Waals surface area contributed by atoms with Crippen LogP contribution in [0, 0.1) is 0 Å². The molecular formula is C15H15Cl2N3. The molecule has 5 heteroatoms. The van der Waals surface area contributed by atoms with Crippen LogP contribution in [0.5, 0.6) is 0 Å². The van der Waals surface area contributed by atoms with E-state index in [1.807, 2.05) is 30.3 Å². The molecule has 4 N–H and O–H groups in total. The Morgan fingerprint density at radius 2 is 1.80 bits per heavy atom. The van der Waals surface area contributed by atoms with Gasteiger partial charge in [-0.2, -0.15) is 0 Å². The van der Waals surface area contributed by atoms with Gasteiger partial charge in [-0.05, 0) is 41.8 Å². The maximum atomic E-state index is 6.26. The van der Waals surface area contributed by atoms with Crippen LogP contribution in [-0.4, -0.2) is 0 Å². The van der Waals surface area contributed by atoms with E-state index in [9.17, 15) is 0 Å². The molecule has 0 aliphatic carbocycles. The molecule has 0 spiro atoms. The van der Waals surface area contributed by atoms with Gasteiger partial charge in [-0.3, -0.25) is 0 Å². The molecule has 2 aromatic carbocycles. The first-order valence-corrected chi connectivity index (χ1v) is 7.20. The number of nitrogen functional groups attached to an aromatic ring is 1. The van der Waals surface area contributed by atoms with E-state index < -0.39 is 0 Å². The molecule has 3 nitrogen and oxygen atoms in total. The van der Waals surface area contributed by atoms with Gasteiger partial charge in [-0.1, -0.05) is 41.4 Å². The second-order valence-corrected chi connectivity index (χ2v) is 5.81. The van der Waals surface area contributed by atoms with E-state index >= 15 is 0 Å². The van der Waals surface area contributed by atoms with Crippen molar-refractivity contribution in [1.82, 2.24) is 10.9 Å². The number of rotatable bonds is 2. The Hall–Kier alpha value is -1.26. The number of hydrogen-bond acceptors (Lipinski definition) is 3. The zero-order valence-electron chi connectivity index (χ0n) is 10.7. The van der Waals surface area contributed by atoms with E-state index in [0.717, 1.165) is 17.7 Å². The van der Waals surface area contributed by atoms with Gasteiger partial charge in [0.1, 0.15) is 0 Å². The molecule has 0 radical (unpaired) electrons. The minimum Gasteiger partial charge on any atom is -0.399 e. The van der Waals surface area contributed by atoms with Crippen LogP contribution in [0.4, 0.5) is 5.69 Å². The van der Waals surface area contributed by atoms with E-state index in [0.29, 0.717) is 10.0 Å².